The van der Waals surface area contributed by atoms with Crippen molar-refractivity contribution in [3.8, 4) is 6.07 Å². The largest absolute Gasteiger partial charge is 0.475 e. The predicted octanol–water partition coefficient (Wildman–Crippen LogP) is 4.17. The van der Waals surface area contributed by atoms with Crippen molar-refractivity contribution < 1.29 is 56.6 Å². The van der Waals surface area contributed by atoms with Gasteiger partial charge in [-0.2, -0.15) is 5.26 Å². The Morgan fingerprint density at radius 1 is 1.19 bits per heavy atom. The minimum Gasteiger partial charge on any atom is -0.407 e. The number of phosphoric acid groups is 1. The monoisotopic (exact) mass is 865 g/mol. The zero-order chi connectivity index (χ0) is 43.7. The number of hydrogen-bond acceptors (Lipinski definition) is 14. The van der Waals surface area contributed by atoms with E-state index in [4.69, 9.17) is 22.7 Å². The molecule has 4 fully saturated rings. The molecule has 0 spiro atoms. The second kappa shape index (κ2) is 15.7. The van der Waals surface area contributed by atoms with E-state index >= 15 is 4.39 Å². The first-order valence-electron chi connectivity index (χ1n) is 20.1. The summed E-state index contributed by atoms with van der Waals surface area (Å²) in [5.41, 5.74) is -7.99. The van der Waals surface area contributed by atoms with Crippen LogP contribution in [0.5, 0.6) is 0 Å². The van der Waals surface area contributed by atoms with Crippen LogP contribution in [0.15, 0.2) is 45.7 Å². The summed E-state index contributed by atoms with van der Waals surface area (Å²) >= 11 is 0. The SMILES string of the molecule is C[C@@H]1C[C@H]2[C@@H]3CCC4=CC(=O)C=C[C@]4(C)[C@@]3(F)[C@@H](O)C[C@]2(C)[C@@]1(O)C(=O)COP(=O)(OCCC#N)OC1C(O[Si](C)(C)C(C)(C)C)[C@H](n2ccc(=O)[nH]c2=O)O[C@@H]1CO. The lowest BCUT2D eigenvalue weighted by Crippen LogP contribution is -2.69. The molecule has 3 saturated carbocycles. The molecular formula is C40H57FN3O13PSi. The molecule has 0 radical (unpaired) electrons. The van der Waals surface area contributed by atoms with Gasteiger partial charge < -0.3 is 24.5 Å². The predicted molar refractivity (Wildman–Crippen MR) is 212 cm³/mol. The molecule has 0 amide bonds. The number of carbonyl (C=O) groups is 2. The normalized spacial score (nSPS) is 39.1. The van der Waals surface area contributed by atoms with Gasteiger partial charge in [0.2, 0.25) is 0 Å². The Hall–Kier alpha value is -2.95. The van der Waals surface area contributed by atoms with Crippen molar-refractivity contribution in [2.75, 3.05) is 19.8 Å². The smallest absolute Gasteiger partial charge is 0.407 e. The van der Waals surface area contributed by atoms with Crippen LogP contribution in [0, 0.1) is 39.9 Å². The third-order valence-corrected chi connectivity index (χ3v) is 20.5. The van der Waals surface area contributed by atoms with Gasteiger partial charge in [-0.3, -0.25) is 37.5 Å². The molecule has 13 atom stereocenters. The summed E-state index contributed by atoms with van der Waals surface area (Å²) in [5.74, 6) is -3.31. The summed E-state index contributed by atoms with van der Waals surface area (Å²) in [4.78, 5) is 53.8. The van der Waals surface area contributed by atoms with Crippen LogP contribution in [0.1, 0.15) is 79.9 Å². The maximum atomic E-state index is 17.7. The van der Waals surface area contributed by atoms with Gasteiger partial charge in [-0.05, 0) is 74.7 Å². The number of rotatable bonds is 13. The van der Waals surface area contributed by atoms with Gasteiger partial charge in [0.25, 0.3) is 5.56 Å². The van der Waals surface area contributed by atoms with E-state index in [1.54, 1.807) is 20.8 Å². The van der Waals surface area contributed by atoms with Crippen LogP contribution in [0.2, 0.25) is 18.1 Å². The number of aliphatic hydroxyl groups excluding tert-OH is 2. The van der Waals surface area contributed by atoms with E-state index in [1.165, 1.54) is 24.4 Å². The number of phosphoric ester groups is 1. The molecule has 19 heteroatoms. The maximum absolute atomic E-state index is 17.7. The molecule has 16 nitrogen and oxygen atoms in total. The Morgan fingerprint density at radius 2 is 1.88 bits per heavy atom. The average Bonchev–Trinajstić information content (AvgIpc) is 3.57. The average molecular weight is 866 g/mol. The first kappa shape index (κ1) is 45.6. The Kier molecular flexibility index (Phi) is 12.2. The molecule has 1 aromatic rings. The molecular weight excluding hydrogens is 809 g/mol. The molecule has 59 heavy (non-hydrogen) atoms. The topological polar surface area (TPSA) is 237 Å². The number of nitrogens with one attached hydrogen (secondary N) is 1. The van der Waals surface area contributed by atoms with Crippen LogP contribution in [-0.2, 0) is 36.9 Å². The molecule has 2 heterocycles. The number of halogens is 1. The van der Waals surface area contributed by atoms with Crippen LogP contribution in [0.3, 0.4) is 0 Å². The summed E-state index contributed by atoms with van der Waals surface area (Å²) in [6, 6.07) is 2.96. The number of hydrogen-bond donors (Lipinski definition) is 4. The van der Waals surface area contributed by atoms with Crippen molar-refractivity contribution >= 4 is 27.7 Å². The molecule has 326 valence electrons. The summed E-state index contributed by atoms with van der Waals surface area (Å²) in [7, 11) is -7.75. The Balaban J connectivity index is 1.30. The fourth-order valence-electron chi connectivity index (χ4n) is 10.3. The second-order valence-electron chi connectivity index (χ2n) is 18.7. The molecule has 4 aliphatic carbocycles. The van der Waals surface area contributed by atoms with E-state index in [0.717, 1.165) is 10.6 Å². The van der Waals surface area contributed by atoms with Crippen molar-refractivity contribution in [1.29, 1.82) is 5.26 Å². The van der Waals surface area contributed by atoms with Crippen molar-refractivity contribution in [3.05, 3.63) is 56.9 Å². The van der Waals surface area contributed by atoms with Crippen LogP contribution in [0.4, 0.5) is 4.39 Å². The Morgan fingerprint density at radius 3 is 2.51 bits per heavy atom. The number of allylic oxidation sites excluding steroid dienone is 4. The lowest BCUT2D eigenvalue weighted by molar-refractivity contribution is -0.219. The van der Waals surface area contributed by atoms with Gasteiger partial charge in [-0.1, -0.05) is 46.3 Å². The number of H-pyrrole nitrogens is 1. The van der Waals surface area contributed by atoms with Gasteiger partial charge in [0.1, 0.15) is 30.5 Å². The number of alkyl halides is 1. The number of aromatic nitrogens is 2. The van der Waals surface area contributed by atoms with E-state index < -0.39 is 129 Å². The van der Waals surface area contributed by atoms with Crippen molar-refractivity contribution in [1.82, 2.24) is 9.55 Å². The number of aromatic amines is 1. The fraction of sp³-hybridized carbons (Fsp3) is 0.725. The van der Waals surface area contributed by atoms with Crippen LogP contribution in [0.25, 0.3) is 0 Å². The summed E-state index contributed by atoms with van der Waals surface area (Å²) in [6.45, 7) is 12.4. The van der Waals surface area contributed by atoms with Crippen LogP contribution in [-0.4, -0.2) is 100 Å². The highest BCUT2D eigenvalue weighted by Crippen LogP contribution is 2.71. The van der Waals surface area contributed by atoms with Gasteiger partial charge in [0, 0.05) is 29.0 Å². The minimum atomic E-state index is -4.94. The first-order chi connectivity index (χ1) is 27.3. The number of ether oxygens (including phenoxy) is 1. The molecule has 0 aromatic carbocycles. The molecule has 5 aliphatic rings. The number of aliphatic hydroxyl groups is 3. The third-order valence-electron chi connectivity index (χ3n) is 14.5. The van der Waals surface area contributed by atoms with E-state index in [0.29, 0.717) is 12.0 Å². The van der Waals surface area contributed by atoms with Crippen molar-refractivity contribution in [2.45, 2.75) is 134 Å². The van der Waals surface area contributed by atoms with E-state index in [9.17, 15) is 44.3 Å². The molecule has 6 rings (SSSR count). The van der Waals surface area contributed by atoms with Crippen molar-refractivity contribution in [3.63, 3.8) is 0 Å². The summed E-state index contributed by atoms with van der Waals surface area (Å²) in [6.07, 6.45) is -1.22. The first-order valence-corrected chi connectivity index (χ1v) is 24.5. The molecule has 4 N–H and O–H groups in total. The fourth-order valence-corrected chi connectivity index (χ4v) is 12.9. The van der Waals surface area contributed by atoms with E-state index in [-0.39, 0.29) is 31.5 Å². The molecule has 1 saturated heterocycles. The highest BCUT2D eigenvalue weighted by atomic mass is 31.2. The molecule has 3 unspecified atom stereocenters. The zero-order valence-electron chi connectivity index (χ0n) is 34.8. The lowest BCUT2D eigenvalue weighted by Gasteiger charge is -2.62. The zero-order valence-corrected chi connectivity index (χ0v) is 36.7. The number of carbonyl (C=O) groups excluding carboxylic acids is 2. The quantitative estimate of drug-likeness (QED) is 0.124. The standard InChI is InChI=1S/C40H57FN3O13PSi/c1-23-18-27-26-11-10-24-19-25(46)12-14-37(24,5)39(26,41)29(47)20-38(27,6)40(23,51)30(48)22-54-58(52,53-17-9-15-42)56-32-28(21-45)55-34(44-16-13-31(49)43-35(44)50)33(32)57-59(7,8)36(2,3)4/h12-14,16,19,23,26-29,32-34,45,47,51H,9-11,17-18,20-22H2,1-8H3,(H,43,49,50)/t23-,26+,27+,28-,29+,32?,33?,34-,37+,38+,39+,40+,58?/m1/s1. The summed E-state index contributed by atoms with van der Waals surface area (Å²) < 4.78 is 63.6. The number of fused-ring (bicyclic) bond motifs is 5. The molecule has 1 aliphatic heterocycles. The van der Waals surface area contributed by atoms with Gasteiger partial charge >= 0.3 is 13.5 Å². The van der Waals surface area contributed by atoms with E-state index in [1.807, 2.05) is 39.9 Å². The van der Waals surface area contributed by atoms with Crippen molar-refractivity contribution in [2.24, 2.45) is 28.6 Å². The molecule has 1 aromatic heterocycles. The van der Waals surface area contributed by atoms with E-state index in [2.05, 4.69) is 4.98 Å². The Labute approximate surface area is 343 Å². The third kappa shape index (κ3) is 7.36. The highest BCUT2D eigenvalue weighted by molar-refractivity contribution is 7.48. The number of nitriles is 1. The van der Waals surface area contributed by atoms with Crippen LogP contribution >= 0.6 is 7.82 Å². The van der Waals surface area contributed by atoms with Crippen LogP contribution < -0.4 is 11.2 Å². The van der Waals surface area contributed by atoms with Gasteiger partial charge in [-0.25, -0.2) is 13.8 Å². The number of ketones is 2. The summed E-state index contributed by atoms with van der Waals surface area (Å²) in [5, 5.41) is 43.7. The van der Waals surface area contributed by atoms with Gasteiger partial charge in [0.05, 0.1) is 31.8 Å². The molecule has 0 bridgehead atoms. The Bertz CT molecular complexity index is 2110. The lowest BCUT2D eigenvalue weighted by atomic mass is 9.44. The van der Waals surface area contributed by atoms with Gasteiger partial charge in [0.15, 0.2) is 31.8 Å². The second-order valence-corrected chi connectivity index (χ2v) is 25.1. The highest BCUT2D eigenvalue weighted by Gasteiger charge is 2.75. The number of Topliss-reactive ketones (excluding diaryl/α,β-unsaturated/α-hetero) is 1. The minimum absolute atomic E-state index is 0.224. The maximum Gasteiger partial charge on any atom is 0.475 e. The van der Waals surface area contributed by atoms with Gasteiger partial charge in [-0.15, -0.1) is 0 Å². The number of nitrogens with zero attached hydrogens (tertiary/aromatic N) is 2.